The van der Waals surface area contributed by atoms with Crippen molar-refractivity contribution in [2.75, 3.05) is 18.4 Å². The lowest BCUT2D eigenvalue weighted by Crippen LogP contribution is -2.39. The maximum Gasteiger partial charge on any atom is 0.322 e. The molecule has 2 aliphatic heterocycles. The van der Waals surface area contributed by atoms with E-state index in [0.717, 1.165) is 40.8 Å². The number of urea groups is 1. The molecule has 4 heterocycles. The van der Waals surface area contributed by atoms with Gasteiger partial charge in [-0.05, 0) is 73.7 Å². The summed E-state index contributed by atoms with van der Waals surface area (Å²) in [5, 5.41) is 7.88. The van der Waals surface area contributed by atoms with E-state index in [-0.39, 0.29) is 6.03 Å². The molecule has 28 heavy (non-hydrogen) atoms. The maximum atomic E-state index is 12.4. The summed E-state index contributed by atoms with van der Waals surface area (Å²) in [6.45, 7) is 6.53. The van der Waals surface area contributed by atoms with Gasteiger partial charge in [-0.3, -0.25) is 0 Å². The van der Waals surface area contributed by atoms with Crippen LogP contribution < -0.4 is 10.6 Å². The molecule has 0 bridgehead atoms. The number of fused-ring (bicyclic) bond motifs is 2. The van der Waals surface area contributed by atoms with Crippen molar-refractivity contribution in [1.29, 1.82) is 0 Å². The number of anilines is 1. The number of amides is 2. The van der Waals surface area contributed by atoms with Crippen LogP contribution in [0.2, 0.25) is 0 Å². The van der Waals surface area contributed by atoms with Crippen LogP contribution >= 0.6 is 0 Å². The van der Waals surface area contributed by atoms with Crippen LogP contribution in [0.15, 0.2) is 30.6 Å². The normalized spacial score (nSPS) is 19.1. The fourth-order valence-electron chi connectivity index (χ4n) is 4.41. The molecule has 1 saturated heterocycles. The van der Waals surface area contributed by atoms with E-state index in [1.54, 1.807) is 0 Å². The van der Waals surface area contributed by atoms with E-state index in [1.807, 2.05) is 24.2 Å². The van der Waals surface area contributed by atoms with Gasteiger partial charge in [0.1, 0.15) is 5.65 Å². The van der Waals surface area contributed by atoms with Gasteiger partial charge in [0.05, 0.1) is 0 Å². The predicted octanol–water partition coefficient (Wildman–Crippen LogP) is 4.33. The molecule has 6 heteroatoms. The predicted molar refractivity (Wildman–Crippen MR) is 111 cm³/mol. The Morgan fingerprint density at radius 2 is 2.14 bits per heavy atom. The highest BCUT2D eigenvalue weighted by molar-refractivity contribution is 5.94. The molecule has 0 unspecified atom stereocenters. The number of aromatic nitrogens is 2. The van der Waals surface area contributed by atoms with Crippen LogP contribution in [-0.4, -0.2) is 34.0 Å². The van der Waals surface area contributed by atoms with Crippen molar-refractivity contribution < 1.29 is 4.79 Å². The van der Waals surface area contributed by atoms with Crippen LogP contribution in [0.1, 0.15) is 42.5 Å². The quantitative estimate of drug-likeness (QED) is 0.638. The van der Waals surface area contributed by atoms with Crippen molar-refractivity contribution in [1.82, 2.24) is 20.2 Å². The highest BCUT2D eigenvalue weighted by Gasteiger charge is 2.28. The monoisotopic (exact) mass is 375 g/mol. The second-order valence-corrected chi connectivity index (χ2v) is 7.78. The van der Waals surface area contributed by atoms with Crippen molar-refractivity contribution in [3.05, 3.63) is 47.3 Å². The Morgan fingerprint density at radius 1 is 1.25 bits per heavy atom. The van der Waals surface area contributed by atoms with E-state index in [1.165, 1.54) is 23.1 Å². The zero-order valence-electron chi connectivity index (χ0n) is 16.3. The summed E-state index contributed by atoms with van der Waals surface area (Å²) in [5.41, 5.74) is 7.73. The number of carbonyl (C=O) groups excluding carboxylic acids is 1. The average molecular weight is 375 g/mol. The van der Waals surface area contributed by atoms with Crippen LogP contribution in [-0.2, 0) is 6.54 Å². The van der Waals surface area contributed by atoms with Crippen LogP contribution in [0, 0.1) is 6.92 Å². The fourth-order valence-corrected chi connectivity index (χ4v) is 4.41. The fraction of sp³-hybridized carbons (Fsp3) is 0.364. The van der Waals surface area contributed by atoms with Crippen LogP contribution in [0.3, 0.4) is 0 Å². The van der Waals surface area contributed by atoms with E-state index >= 15 is 0 Å². The number of carbonyl (C=O) groups is 1. The number of rotatable bonds is 3. The number of nitrogens with zero attached hydrogens (tertiary/aromatic N) is 2. The molecule has 2 aliphatic rings. The minimum atomic E-state index is -0.0208. The summed E-state index contributed by atoms with van der Waals surface area (Å²) in [5.74, 6) is 0. The molecule has 5 rings (SSSR count). The van der Waals surface area contributed by atoms with Gasteiger partial charge >= 0.3 is 6.03 Å². The maximum absolute atomic E-state index is 12.4. The second kappa shape index (κ2) is 6.63. The molecular weight excluding hydrogens is 350 g/mol. The van der Waals surface area contributed by atoms with E-state index in [0.29, 0.717) is 19.1 Å². The zero-order chi connectivity index (χ0) is 19.3. The number of aromatic amines is 1. The Labute approximate surface area is 164 Å². The van der Waals surface area contributed by atoms with Gasteiger partial charge in [-0.1, -0.05) is 0 Å². The van der Waals surface area contributed by atoms with Crippen molar-refractivity contribution >= 4 is 22.8 Å². The summed E-state index contributed by atoms with van der Waals surface area (Å²) < 4.78 is 0. The van der Waals surface area contributed by atoms with Crippen molar-refractivity contribution in [2.45, 2.75) is 39.3 Å². The van der Waals surface area contributed by atoms with Gasteiger partial charge in [-0.25, -0.2) is 9.78 Å². The van der Waals surface area contributed by atoms with Gasteiger partial charge in [0, 0.05) is 48.2 Å². The third-order valence-corrected chi connectivity index (χ3v) is 6.05. The molecule has 0 spiro atoms. The van der Waals surface area contributed by atoms with Crippen molar-refractivity contribution in [3.63, 3.8) is 0 Å². The smallest absolute Gasteiger partial charge is 0.322 e. The minimum absolute atomic E-state index is 0.0208. The molecule has 2 amide bonds. The van der Waals surface area contributed by atoms with E-state index in [4.69, 9.17) is 0 Å². The largest absolute Gasteiger partial charge is 0.346 e. The Morgan fingerprint density at radius 3 is 2.93 bits per heavy atom. The first kappa shape index (κ1) is 17.3. The van der Waals surface area contributed by atoms with Gasteiger partial charge in [-0.15, -0.1) is 0 Å². The first-order chi connectivity index (χ1) is 13.6. The Hall–Kier alpha value is -2.86. The number of hydrogen-bond acceptors (Lipinski definition) is 3. The Kier molecular flexibility index (Phi) is 4.09. The molecule has 144 valence electrons. The molecule has 0 aliphatic carbocycles. The molecule has 2 aromatic heterocycles. The van der Waals surface area contributed by atoms with Crippen molar-refractivity contribution in [3.8, 4) is 11.1 Å². The highest BCUT2D eigenvalue weighted by atomic mass is 16.2. The number of benzene rings is 1. The van der Waals surface area contributed by atoms with Crippen LogP contribution in [0.25, 0.3) is 22.2 Å². The SMILES string of the molecule is CCN1Cc2c(cc(-c3cnc4[nH]cc(C)c4c3)cc2[C@@H]2CCCN2)NC1=O. The summed E-state index contributed by atoms with van der Waals surface area (Å²) in [7, 11) is 0. The lowest BCUT2D eigenvalue weighted by atomic mass is 9.91. The average Bonchev–Trinajstić information content (AvgIpc) is 3.37. The molecule has 0 radical (unpaired) electrons. The standard InChI is InChI=1S/C22H25N5O/c1-3-27-12-18-17(19-5-4-6-23-19)7-14(9-20(18)26-22(27)28)15-8-16-13(2)10-24-21(16)25-11-15/h7-11,19,23H,3-6,12H2,1-2H3,(H,24,25)(H,26,28)/t19-/m0/s1. The van der Waals surface area contributed by atoms with Gasteiger partial charge in [0.25, 0.3) is 0 Å². The summed E-state index contributed by atoms with van der Waals surface area (Å²) in [6.07, 6.45) is 6.21. The summed E-state index contributed by atoms with van der Waals surface area (Å²) in [4.78, 5) is 22.1. The van der Waals surface area contributed by atoms with Crippen LogP contribution in [0.5, 0.6) is 0 Å². The van der Waals surface area contributed by atoms with Gasteiger partial charge < -0.3 is 20.5 Å². The topological polar surface area (TPSA) is 73.1 Å². The first-order valence-electron chi connectivity index (χ1n) is 10.0. The number of H-pyrrole nitrogens is 1. The Bertz CT molecular complexity index is 1060. The number of hydrogen-bond donors (Lipinski definition) is 3. The van der Waals surface area contributed by atoms with Crippen LogP contribution in [0.4, 0.5) is 10.5 Å². The van der Waals surface area contributed by atoms with E-state index in [9.17, 15) is 4.79 Å². The number of pyridine rings is 1. The van der Waals surface area contributed by atoms with Gasteiger partial charge in [-0.2, -0.15) is 0 Å². The highest BCUT2D eigenvalue weighted by Crippen LogP contribution is 2.38. The molecule has 1 aromatic carbocycles. The first-order valence-corrected chi connectivity index (χ1v) is 10.0. The molecular formula is C22H25N5O. The molecule has 6 nitrogen and oxygen atoms in total. The molecule has 3 N–H and O–H groups in total. The van der Waals surface area contributed by atoms with Gasteiger partial charge in [0.15, 0.2) is 0 Å². The van der Waals surface area contributed by atoms with E-state index < -0.39 is 0 Å². The number of aryl methyl sites for hydroxylation is 1. The molecule has 1 atom stereocenters. The minimum Gasteiger partial charge on any atom is -0.346 e. The van der Waals surface area contributed by atoms with Crippen molar-refractivity contribution in [2.24, 2.45) is 0 Å². The summed E-state index contributed by atoms with van der Waals surface area (Å²) in [6, 6.07) is 6.90. The molecule has 1 fully saturated rings. The third-order valence-electron chi connectivity index (χ3n) is 6.05. The van der Waals surface area contributed by atoms with E-state index in [2.05, 4.69) is 45.7 Å². The zero-order valence-corrected chi connectivity index (χ0v) is 16.3. The second-order valence-electron chi connectivity index (χ2n) is 7.78. The van der Waals surface area contributed by atoms with Gasteiger partial charge in [0.2, 0.25) is 0 Å². The lowest BCUT2D eigenvalue weighted by Gasteiger charge is -2.32. The summed E-state index contributed by atoms with van der Waals surface area (Å²) >= 11 is 0. The third kappa shape index (κ3) is 2.76. The Balaban J connectivity index is 1.66. The molecule has 0 saturated carbocycles. The molecule has 3 aromatic rings. The lowest BCUT2D eigenvalue weighted by molar-refractivity contribution is 0.209. The number of nitrogens with one attached hydrogen (secondary N) is 3.